The van der Waals surface area contributed by atoms with E-state index in [2.05, 4.69) is 136 Å². The van der Waals surface area contributed by atoms with Crippen molar-refractivity contribution in [1.29, 1.82) is 0 Å². The van der Waals surface area contributed by atoms with Gasteiger partial charge in [0.15, 0.2) is 8.24 Å². The molecule has 166 valence electrons. The number of rotatable bonds is 3. The number of nitrogens with one attached hydrogen (secondary N) is 1. The molecule has 1 unspecified atom stereocenters. The lowest BCUT2D eigenvalue weighted by Gasteiger charge is -2.40. The zero-order valence-electron chi connectivity index (χ0n) is 20.2. The van der Waals surface area contributed by atoms with E-state index in [0.29, 0.717) is 0 Å². The van der Waals surface area contributed by atoms with Crippen LogP contribution in [0.3, 0.4) is 0 Å². The quantitative estimate of drug-likeness (QED) is 0.424. The predicted molar refractivity (Wildman–Crippen MR) is 143 cm³/mol. The smallest absolute Gasteiger partial charge is 0.168 e. The van der Waals surface area contributed by atoms with Crippen molar-refractivity contribution in [2.45, 2.75) is 38.9 Å². The van der Waals surface area contributed by atoms with E-state index in [9.17, 15) is 0 Å². The summed E-state index contributed by atoms with van der Waals surface area (Å²) in [7, 11) is -2.13. The van der Waals surface area contributed by atoms with E-state index in [1.54, 1.807) is 0 Å². The number of allylic oxidation sites excluding steroid dienone is 2. The first kappa shape index (κ1) is 21.7. The van der Waals surface area contributed by atoms with Gasteiger partial charge in [-0.05, 0) is 22.8 Å². The van der Waals surface area contributed by atoms with Crippen LogP contribution in [0.2, 0.25) is 13.1 Å². The second-order valence-electron chi connectivity index (χ2n) is 10.6. The standard InChI is InChI=1S/C30H32N2Si/c1-29(2,3)28-26-25(21-22-15-9-6-10-16-22)31-27(23-17-11-7-12-18-23)30(26,33(4,5)32-28)24-19-13-8-14-20-24/h6-21,32H,1-5H3/b25-21-. The van der Waals surface area contributed by atoms with Gasteiger partial charge < -0.3 is 4.98 Å². The van der Waals surface area contributed by atoms with Crippen LogP contribution in [-0.2, 0) is 5.04 Å². The maximum Gasteiger partial charge on any atom is 0.168 e. The van der Waals surface area contributed by atoms with Crippen LogP contribution in [0, 0.1) is 5.41 Å². The Morgan fingerprint density at radius 2 is 1.33 bits per heavy atom. The molecule has 3 heteroatoms. The molecule has 2 aliphatic rings. The lowest BCUT2D eigenvalue weighted by molar-refractivity contribution is 0.483. The third-order valence-corrected chi connectivity index (χ3v) is 10.5. The minimum absolute atomic E-state index is 0.0203. The highest BCUT2D eigenvalue weighted by Crippen LogP contribution is 2.57. The van der Waals surface area contributed by atoms with Gasteiger partial charge in [-0.25, -0.2) is 0 Å². The van der Waals surface area contributed by atoms with E-state index in [4.69, 9.17) is 4.99 Å². The van der Waals surface area contributed by atoms with Gasteiger partial charge in [0.1, 0.15) is 0 Å². The van der Waals surface area contributed by atoms with E-state index in [1.165, 1.54) is 33.7 Å². The lowest BCUT2D eigenvalue weighted by Crippen LogP contribution is -2.60. The number of aliphatic imine (C=N–C) groups is 1. The van der Waals surface area contributed by atoms with E-state index < -0.39 is 8.24 Å². The molecule has 0 saturated heterocycles. The molecular weight excluding hydrogens is 416 g/mol. The normalized spacial score (nSPS) is 22.8. The predicted octanol–water partition coefficient (Wildman–Crippen LogP) is 7.12. The molecule has 1 atom stereocenters. The van der Waals surface area contributed by atoms with Crippen molar-refractivity contribution in [1.82, 2.24) is 4.98 Å². The molecule has 0 spiro atoms. The molecule has 5 rings (SSSR count). The van der Waals surface area contributed by atoms with Crippen molar-refractivity contribution < 1.29 is 0 Å². The van der Waals surface area contributed by atoms with Crippen molar-refractivity contribution >= 4 is 20.0 Å². The minimum Gasteiger partial charge on any atom is -0.412 e. The first-order chi connectivity index (χ1) is 15.7. The Labute approximate surface area is 198 Å². The molecule has 0 amide bonds. The van der Waals surface area contributed by atoms with Crippen molar-refractivity contribution in [2.24, 2.45) is 10.4 Å². The van der Waals surface area contributed by atoms with Crippen LogP contribution in [0.25, 0.3) is 6.08 Å². The summed E-state index contributed by atoms with van der Waals surface area (Å²) in [4.78, 5) is 9.58. The number of hydrogen-bond donors (Lipinski definition) is 1. The van der Waals surface area contributed by atoms with Gasteiger partial charge in [0.05, 0.1) is 16.4 Å². The molecule has 0 bridgehead atoms. The van der Waals surface area contributed by atoms with Gasteiger partial charge in [-0.3, -0.25) is 4.99 Å². The average Bonchev–Trinajstić information content (AvgIpc) is 3.27. The Bertz CT molecular complexity index is 1260. The van der Waals surface area contributed by atoms with Gasteiger partial charge in [-0.2, -0.15) is 0 Å². The first-order valence-electron chi connectivity index (χ1n) is 11.8. The fourth-order valence-corrected chi connectivity index (χ4v) is 9.42. The van der Waals surface area contributed by atoms with Gasteiger partial charge in [-0.15, -0.1) is 0 Å². The minimum atomic E-state index is -2.13. The molecule has 0 radical (unpaired) electrons. The molecule has 2 nitrogen and oxygen atoms in total. The molecule has 0 saturated carbocycles. The summed E-state index contributed by atoms with van der Waals surface area (Å²) in [6.45, 7) is 11.9. The van der Waals surface area contributed by atoms with E-state index in [1.807, 2.05) is 0 Å². The summed E-state index contributed by atoms with van der Waals surface area (Å²) in [5.74, 6) is 0. The third kappa shape index (κ3) is 3.34. The highest BCUT2D eigenvalue weighted by molar-refractivity contribution is 6.84. The molecule has 0 fully saturated rings. The fraction of sp³-hybridized carbons (Fsp3) is 0.233. The van der Waals surface area contributed by atoms with E-state index in [-0.39, 0.29) is 10.5 Å². The van der Waals surface area contributed by atoms with Crippen LogP contribution in [0.5, 0.6) is 0 Å². The molecule has 0 aromatic heterocycles. The summed E-state index contributed by atoms with van der Waals surface area (Å²) >= 11 is 0. The van der Waals surface area contributed by atoms with E-state index in [0.717, 1.165) is 5.70 Å². The summed E-state index contributed by atoms with van der Waals surface area (Å²) < 4.78 is 0. The number of benzene rings is 3. The highest BCUT2D eigenvalue weighted by atomic mass is 28.3. The van der Waals surface area contributed by atoms with E-state index >= 15 is 0 Å². The van der Waals surface area contributed by atoms with Crippen LogP contribution in [-0.4, -0.2) is 13.9 Å². The summed E-state index contributed by atoms with van der Waals surface area (Å²) in [5.41, 5.74) is 8.65. The lowest BCUT2D eigenvalue weighted by atomic mass is 9.78. The Kier molecular flexibility index (Phi) is 5.06. The SMILES string of the molecule is CC(C)(C)C1=C2/C(=C/c3ccccc3)N=C(c3ccccc3)C2(c2ccccc2)[Si](C)(C)N1. The largest absolute Gasteiger partial charge is 0.412 e. The molecule has 1 N–H and O–H groups in total. The van der Waals surface area contributed by atoms with Crippen LogP contribution in [0.1, 0.15) is 37.5 Å². The Balaban J connectivity index is 1.91. The summed E-state index contributed by atoms with van der Waals surface area (Å²) in [5, 5.41) is -0.265. The number of nitrogens with zero attached hydrogens (tertiary/aromatic N) is 1. The van der Waals surface area contributed by atoms with Gasteiger partial charge >= 0.3 is 0 Å². The molecule has 0 aliphatic carbocycles. The van der Waals surface area contributed by atoms with Crippen LogP contribution in [0.4, 0.5) is 0 Å². The number of fused-ring (bicyclic) bond motifs is 1. The number of hydrogen-bond acceptors (Lipinski definition) is 2. The topological polar surface area (TPSA) is 24.4 Å². The van der Waals surface area contributed by atoms with Crippen LogP contribution < -0.4 is 4.98 Å². The second-order valence-corrected chi connectivity index (χ2v) is 14.9. The van der Waals surface area contributed by atoms with Crippen molar-refractivity contribution in [3.05, 3.63) is 125 Å². The maximum absolute atomic E-state index is 5.46. The summed E-state index contributed by atoms with van der Waals surface area (Å²) in [6, 6.07) is 32.4. The molecule has 33 heavy (non-hydrogen) atoms. The third-order valence-electron chi connectivity index (χ3n) is 6.95. The monoisotopic (exact) mass is 448 g/mol. The first-order valence-corrected chi connectivity index (χ1v) is 14.8. The maximum atomic E-state index is 5.46. The van der Waals surface area contributed by atoms with Gasteiger partial charge in [0.2, 0.25) is 0 Å². The summed E-state index contributed by atoms with van der Waals surface area (Å²) in [6.07, 6.45) is 2.27. The average molecular weight is 449 g/mol. The molecule has 2 heterocycles. The Hall–Kier alpha value is -3.17. The van der Waals surface area contributed by atoms with Gasteiger partial charge in [0.25, 0.3) is 0 Å². The molecule has 3 aromatic rings. The molecular formula is C30H32N2Si. The van der Waals surface area contributed by atoms with Crippen molar-refractivity contribution in [3.8, 4) is 0 Å². The Morgan fingerprint density at radius 1 is 0.788 bits per heavy atom. The highest BCUT2D eigenvalue weighted by Gasteiger charge is 2.64. The van der Waals surface area contributed by atoms with Crippen LogP contribution >= 0.6 is 0 Å². The van der Waals surface area contributed by atoms with Crippen molar-refractivity contribution in [2.75, 3.05) is 0 Å². The molecule has 3 aromatic carbocycles. The van der Waals surface area contributed by atoms with Crippen LogP contribution in [0.15, 0.2) is 113 Å². The fourth-order valence-electron chi connectivity index (χ4n) is 5.54. The van der Waals surface area contributed by atoms with Crippen molar-refractivity contribution in [3.63, 3.8) is 0 Å². The zero-order valence-corrected chi connectivity index (χ0v) is 21.2. The van der Waals surface area contributed by atoms with Gasteiger partial charge in [-0.1, -0.05) is 125 Å². The Morgan fingerprint density at radius 3 is 1.91 bits per heavy atom. The zero-order chi connectivity index (χ0) is 23.3. The van der Waals surface area contributed by atoms with Gasteiger partial charge in [0, 0.05) is 16.7 Å². The molecule has 2 aliphatic heterocycles. The second kappa shape index (κ2) is 7.70.